The third-order valence-corrected chi connectivity index (χ3v) is 3.69. The van der Waals surface area contributed by atoms with Crippen LogP contribution in [-0.2, 0) is 7.05 Å². The van der Waals surface area contributed by atoms with E-state index in [0.717, 1.165) is 25.9 Å². The average Bonchev–Trinajstić information content (AvgIpc) is 2.96. The molecule has 0 bridgehead atoms. The average molecular weight is 273 g/mol. The molecule has 1 aliphatic heterocycles. The molecular formula is C14H15N3O3. The fourth-order valence-electron chi connectivity index (χ4n) is 2.59. The van der Waals surface area contributed by atoms with Gasteiger partial charge in [-0.15, -0.1) is 0 Å². The van der Waals surface area contributed by atoms with E-state index in [1.807, 2.05) is 0 Å². The van der Waals surface area contributed by atoms with Crippen molar-refractivity contribution in [2.45, 2.75) is 12.8 Å². The molecule has 0 radical (unpaired) electrons. The third kappa shape index (κ3) is 1.93. The summed E-state index contributed by atoms with van der Waals surface area (Å²) in [5, 5.41) is 9.47. The van der Waals surface area contributed by atoms with Crippen LogP contribution >= 0.6 is 0 Å². The van der Waals surface area contributed by atoms with E-state index < -0.39 is 5.97 Å². The van der Waals surface area contributed by atoms with E-state index in [1.54, 1.807) is 7.05 Å². The van der Waals surface area contributed by atoms with Crippen LogP contribution in [0.2, 0.25) is 0 Å². The second-order valence-corrected chi connectivity index (χ2v) is 5.01. The van der Waals surface area contributed by atoms with Crippen molar-refractivity contribution in [1.29, 1.82) is 0 Å². The Morgan fingerprint density at radius 3 is 2.65 bits per heavy atom. The van der Waals surface area contributed by atoms with Gasteiger partial charge in [-0.05, 0) is 31.0 Å². The Hall–Kier alpha value is -2.37. The zero-order chi connectivity index (χ0) is 14.3. The van der Waals surface area contributed by atoms with E-state index in [9.17, 15) is 9.59 Å². The first kappa shape index (κ1) is 12.7. The maximum atomic E-state index is 12.3. The minimum atomic E-state index is -1.02. The van der Waals surface area contributed by atoms with Crippen molar-refractivity contribution in [1.82, 2.24) is 9.55 Å². The number of carboxylic acids is 1. The van der Waals surface area contributed by atoms with Gasteiger partial charge in [0.25, 0.3) is 5.56 Å². The minimum Gasteiger partial charge on any atom is -0.478 e. The van der Waals surface area contributed by atoms with Crippen LogP contribution in [0.25, 0.3) is 10.9 Å². The highest BCUT2D eigenvalue weighted by molar-refractivity contribution is 5.93. The molecule has 2 heterocycles. The van der Waals surface area contributed by atoms with Gasteiger partial charge in [0, 0.05) is 20.1 Å². The zero-order valence-corrected chi connectivity index (χ0v) is 11.2. The van der Waals surface area contributed by atoms with E-state index in [4.69, 9.17) is 5.11 Å². The number of hydrogen-bond acceptors (Lipinski definition) is 4. The van der Waals surface area contributed by atoms with Gasteiger partial charge in [-0.3, -0.25) is 9.36 Å². The Kier molecular flexibility index (Phi) is 2.93. The molecule has 0 aliphatic carbocycles. The Morgan fingerprint density at radius 2 is 2.00 bits per heavy atom. The number of anilines is 1. The number of aromatic carboxylic acids is 1. The van der Waals surface area contributed by atoms with Crippen molar-refractivity contribution >= 4 is 22.8 Å². The molecule has 0 atom stereocenters. The number of nitrogens with zero attached hydrogens (tertiary/aromatic N) is 3. The van der Waals surface area contributed by atoms with Gasteiger partial charge in [-0.2, -0.15) is 0 Å². The zero-order valence-electron chi connectivity index (χ0n) is 11.2. The summed E-state index contributed by atoms with van der Waals surface area (Å²) in [7, 11) is 1.70. The summed E-state index contributed by atoms with van der Waals surface area (Å²) in [6.45, 7) is 1.76. The molecule has 0 amide bonds. The number of hydrogen-bond donors (Lipinski definition) is 1. The van der Waals surface area contributed by atoms with Crippen LogP contribution in [0.1, 0.15) is 23.2 Å². The normalized spacial score (nSPS) is 14.9. The molecule has 0 unspecified atom stereocenters. The molecule has 2 aromatic rings. The molecule has 1 fully saturated rings. The lowest BCUT2D eigenvalue weighted by Crippen LogP contribution is -2.29. The quantitative estimate of drug-likeness (QED) is 0.890. The maximum Gasteiger partial charge on any atom is 0.335 e. The number of fused-ring (bicyclic) bond motifs is 1. The summed E-state index contributed by atoms with van der Waals surface area (Å²) in [4.78, 5) is 29.9. The highest BCUT2D eigenvalue weighted by Gasteiger charge is 2.18. The first-order valence-corrected chi connectivity index (χ1v) is 6.57. The molecule has 3 rings (SSSR count). The topological polar surface area (TPSA) is 75.4 Å². The Bertz CT molecular complexity index is 745. The van der Waals surface area contributed by atoms with Crippen molar-refractivity contribution in [2.24, 2.45) is 7.05 Å². The Balaban J connectivity index is 2.23. The monoisotopic (exact) mass is 273 g/mol. The molecule has 104 valence electrons. The molecule has 6 nitrogen and oxygen atoms in total. The smallest absolute Gasteiger partial charge is 0.335 e. The molecule has 1 aromatic heterocycles. The Morgan fingerprint density at radius 1 is 1.30 bits per heavy atom. The van der Waals surface area contributed by atoms with Gasteiger partial charge in [0.1, 0.15) is 0 Å². The molecule has 0 spiro atoms. The van der Waals surface area contributed by atoms with Gasteiger partial charge in [0.05, 0.1) is 16.5 Å². The minimum absolute atomic E-state index is 0.144. The summed E-state index contributed by atoms with van der Waals surface area (Å²) in [6, 6.07) is 4.42. The molecule has 1 aromatic carbocycles. The predicted molar refractivity (Wildman–Crippen MR) is 75.4 cm³/mol. The molecule has 6 heteroatoms. The third-order valence-electron chi connectivity index (χ3n) is 3.69. The number of carbonyl (C=O) groups is 1. The van der Waals surface area contributed by atoms with Crippen LogP contribution in [0, 0.1) is 0 Å². The van der Waals surface area contributed by atoms with Gasteiger partial charge in [-0.1, -0.05) is 0 Å². The van der Waals surface area contributed by atoms with Crippen LogP contribution in [0.5, 0.6) is 0 Å². The van der Waals surface area contributed by atoms with Gasteiger partial charge in [0.15, 0.2) is 0 Å². The van der Waals surface area contributed by atoms with Gasteiger partial charge >= 0.3 is 5.97 Å². The Labute approximate surface area is 115 Å². The van der Waals surface area contributed by atoms with Crippen molar-refractivity contribution in [3.05, 3.63) is 34.1 Å². The SMILES string of the molecule is Cn1c(N2CCCC2)nc2cc(C(=O)O)ccc2c1=O. The van der Waals surface area contributed by atoms with Crippen LogP contribution in [-0.4, -0.2) is 33.7 Å². The number of benzene rings is 1. The van der Waals surface area contributed by atoms with E-state index in [1.165, 1.54) is 22.8 Å². The molecule has 1 aliphatic rings. The van der Waals surface area contributed by atoms with E-state index >= 15 is 0 Å². The van der Waals surface area contributed by atoms with Crippen LogP contribution in [0.3, 0.4) is 0 Å². The van der Waals surface area contributed by atoms with Gasteiger partial charge in [0.2, 0.25) is 5.95 Å². The fourth-order valence-corrected chi connectivity index (χ4v) is 2.59. The summed E-state index contributed by atoms with van der Waals surface area (Å²) in [5.41, 5.74) is 0.439. The number of carboxylic acid groups (broad SMARTS) is 1. The maximum absolute atomic E-state index is 12.3. The molecule has 1 saturated heterocycles. The molecule has 20 heavy (non-hydrogen) atoms. The van der Waals surface area contributed by atoms with Crippen molar-refractivity contribution in [3.63, 3.8) is 0 Å². The summed E-state index contributed by atoms with van der Waals surface area (Å²) in [6.07, 6.45) is 2.17. The van der Waals surface area contributed by atoms with Crippen LogP contribution < -0.4 is 10.5 Å². The van der Waals surface area contributed by atoms with E-state index in [-0.39, 0.29) is 11.1 Å². The van der Waals surface area contributed by atoms with E-state index in [2.05, 4.69) is 9.88 Å². The fraction of sp³-hybridized carbons (Fsp3) is 0.357. The summed E-state index contributed by atoms with van der Waals surface area (Å²) < 4.78 is 1.54. The molecular weight excluding hydrogens is 258 g/mol. The van der Waals surface area contributed by atoms with Crippen molar-refractivity contribution in [2.75, 3.05) is 18.0 Å². The van der Waals surface area contributed by atoms with Crippen LogP contribution in [0.4, 0.5) is 5.95 Å². The summed E-state index contributed by atoms with van der Waals surface area (Å²) in [5.74, 6) is -0.403. The number of aromatic nitrogens is 2. The first-order chi connectivity index (χ1) is 9.58. The standard InChI is InChI=1S/C14H15N3O3/c1-16-12(18)10-5-4-9(13(19)20)8-11(10)15-14(16)17-6-2-3-7-17/h4-5,8H,2-3,6-7H2,1H3,(H,19,20). The first-order valence-electron chi connectivity index (χ1n) is 6.57. The number of rotatable bonds is 2. The largest absolute Gasteiger partial charge is 0.478 e. The second kappa shape index (κ2) is 4.63. The lowest BCUT2D eigenvalue weighted by molar-refractivity contribution is 0.0697. The van der Waals surface area contributed by atoms with Gasteiger partial charge in [-0.25, -0.2) is 9.78 Å². The summed E-state index contributed by atoms with van der Waals surface area (Å²) >= 11 is 0. The second-order valence-electron chi connectivity index (χ2n) is 5.01. The molecule has 0 saturated carbocycles. The van der Waals surface area contributed by atoms with Crippen molar-refractivity contribution < 1.29 is 9.90 Å². The van der Waals surface area contributed by atoms with E-state index in [0.29, 0.717) is 16.9 Å². The molecule has 1 N–H and O–H groups in total. The predicted octanol–water partition coefficient (Wildman–Crippen LogP) is 1.23. The van der Waals surface area contributed by atoms with Crippen LogP contribution in [0.15, 0.2) is 23.0 Å². The highest BCUT2D eigenvalue weighted by atomic mass is 16.4. The van der Waals surface area contributed by atoms with Crippen molar-refractivity contribution in [3.8, 4) is 0 Å². The lowest BCUT2D eigenvalue weighted by Gasteiger charge is -2.19. The lowest BCUT2D eigenvalue weighted by atomic mass is 10.1. The highest BCUT2D eigenvalue weighted by Crippen LogP contribution is 2.19. The van der Waals surface area contributed by atoms with Gasteiger partial charge < -0.3 is 10.0 Å².